The Kier molecular flexibility index (Phi) is 4.21. The van der Waals surface area contributed by atoms with Crippen LogP contribution in [0.3, 0.4) is 0 Å². The smallest absolute Gasteiger partial charge is 0.256 e. The summed E-state index contributed by atoms with van der Waals surface area (Å²) in [6.45, 7) is 2.76. The predicted octanol–water partition coefficient (Wildman–Crippen LogP) is 4.97. The third-order valence-corrected chi connectivity index (χ3v) is 5.03. The predicted molar refractivity (Wildman–Crippen MR) is 112 cm³/mol. The molecule has 5 nitrogen and oxygen atoms in total. The number of anilines is 1. The van der Waals surface area contributed by atoms with E-state index in [0.717, 1.165) is 45.2 Å². The van der Waals surface area contributed by atoms with Crippen LogP contribution in [0.25, 0.3) is 22.8 Å². The molecule has 0 fully saturated rings. The van der Waals surface area contributed by atoms with Crippen LogP contribution in [0.4, 0.5) is 5.69 Å². The van der Waals surface area contributed by atoms with Gasteiger partial charge in [0.25, 0.3) is 5.91 Å². The quantitative estimate of drug-likeness (QED) is 0.644. The first-order valence-corrected chi connectivity index (χ1v) is 9.52. The molecule has 5 heteroatoms. The van der Waals surface area contributed by atoms with Gasteiger partial charge < -0.3 is 19.5 Å². The average molecular weight is 385 g/mol. The zero-order valence-electron chi connectivity index (χ0n) is 15.9. The van der Waals surface area contributed by atoms with Crippen LogP contribution in [0, 0.1) is 0 Å². The summed E-state index contributed by atoms with van der Waals surface area (Å²) >= 11 is 0. The van der Waals surface area contributed by atoms with E-state index in [1.54, 1.807) is 0 Å². The Morgan fingerprint density at radius 3 is 2.69 bits per heavy atom. The van der Waals surface area contributed by atoms with E-state index in [1.807, 2.05) is 73.7 Å². The highest BCUT2D eigenvalue weighted by molar-refractivity contribution is 6.35. The maximum Gasteiger partial charge on any atom is 0.256 e. The fourth-order valence-corrected chi connectivity index (χ4v) is 3.64. The number of rotatable bonds is 4. The summed E-state index contributed by atoms with van der Waals surface area (Å²) < 4.78 is 16.5. The maximum absolute atomic E-state index is 12.6. The number of carbonyl (C=O) groups excluding carboxylic acids is 1. The van der Waals surface area contributed by atoms with Crippen molar-refractivity contribution in [2.24, 2.45) is 0 Å². The number of amides is 1. The normalized spacial score (nSPS) is 15.3. The topological polar surface area (TPSA) is 56.8 Å². The summed E-state index contributed by atoms with van der Waals surface area (Å²) in [6, 6.07) is 19.5. The van der Waals surface area contributed by atoms with Crippen molar-refractivity contribution in [3.63, 3.8) is 0 Å². The summed E-state index contributed by atoms with van der Waals surface area (Å²) in [5.41, 5.74) is 5.19. The number of nitrogens with one attached hydrogen (secondary N) is 1. The van der Waals surface area contributed by atoms with Crippen molar-refractivity contribution in [3.8, 4) is 28.4 Å². The number of carbonyl (C=O) groups is 1. The highest BCUT2D eigenvalue weighted by Gasteiger charge is 2.25. The number of hydrogen-bond acceptors (Lipinski definition) is 4. The van der Waals surface area contributed by atoms with Gasteiger partial charge in [-0.05, 0) is 48.4 Å². The minimum Gasteiger partial charge on any atom is -0.493 e. The molecular formula is C24H19NO4. The first-order valence-electron chi connectivity index (χ1n) is 9.52. The van der Waals surface area contributed by atoms with Gasteiger partial charge in [0.05, 0.1) is 6.61 Å². The summed E-state index contributed by atoms with van der Waals surface area (Å²) in [5.74, 6) is 2.14. The van der Waals surface area contributed by atoms with Crippen LogP contribution in [-0.2, 0) is 4.79 Å². The number of hydrogen-bond donors (Lipinski definition) is 1. The molecule has 2 aliphatic rings. The van der Waals surface area contributed by atoms with Gasteiger partial charge in [-0.3, -0.25) is 4.79 Å². The van der Waals surface area contributed by atoms with Gasteiger partial charge in [0.15, 0.2) is 11.5 Å². The lowest BCUT2D eigenvalue weighted by molar-refractivity contribution is -0.110. The first-order chi connectivity index (χ1) is 14.2. The lowest BCUT2D eigenvalue weighted by Crippen LogP contribution is -2.03. The van der Waals surface area contributed by atoms with Crippen LogP contribution in [0.5, 0.6) is 17.2 Å². The van der Waals surface area contributed by atoms with E-state index in [2.05, 4.69) is 5.32 Å². The van der Waals surface area contributed by atoms with Gasteiger partial charge in [0.1, 0.15) is 5.75 Å². The molecule has 144 valence electrons. The molecule has 0 spiro atoms. The van der Waals surface area contributed by atoms with E-state index < -0.39 is 0 Å². The molecule has 3 aromatic rings. The van der Waals surface area contributed by atoms with Gasteiger partial charge in [-0.25, -0.2) is 0 Å². The second-order valence-electron chi connectivity index (χ2n) is 6.81. The average Bonchev–Trinajstić information content (AvgIpc) is 3.33. The second-order valence-corrected chi connectivity index (χ2v) is 6.81. The number of ether oxygens (including phenoxy) is 3. The highest BCUT2D eigenvalue weighted by Crippen LogP contribution is 2.40. The third-order valence-electron chi connectivity index (χ3n) is 5.03. The van der Waals surface area contributed by atoms with E-state index in [1.165, 1.54) is 0 Å². The maximum atomic E-state index is 12.6. The highest BCUT2D eigenvalue weighted by atomic mass is 16.7. The summed E-state index contributed by atoms with van der Waals surface area (Å²) in [7, 11) is 0. The lowest BCUT2D eigenvalue weighted by atomic mass is 9.99. The summed E-state index contributed by atoms with van der Waals surface area (Å²) in [6.07, 6.45) is 1.88. The second kappa shape index (κ2) is 7.02. The van der Waals surface area contributed by atoms with Gasteiger partial charge in [0.2, 0.25) is 6.79 Å². The Bertz CT molecular complexity index is 1150. The van der Waals surface area contributed by atoms with Crippen LogP contribution in [-0.4, -0.2) is 19.3 Å². The molecule has 29 heavy (non-hydrogen) atoms. The van der Waals surface area contributed by atoms with Crippen LogP contribution in [0.2, 0.25) is 0 Å². The molecule has 0 atom stereocenters. The summed E-state index contributed by atoms with van der Waals surface area (Å²) in [4.78, 5) is 12.6. The Hall–Kier alpha value is -3.73. The molecule has 3 aromatic carbocycles. The molecule has 0 bridgehead atoms. The Morgan fingerprint density at radius 2 is 1.79 bits per heavy atom. The first kappa shape index (κ1) is 17.4. The van der Waals surface area contributed by atoms with E-state index in [4.69, 9.17) is 14.2 Å². The Morgan fingerprint density at radius 1 is 1.00 bits per heavy atom. The molecule has 0 saturated carbocycles. The number of benzene rings is 3. The monoisotopic (exact) mass is 385 g/mol. The molecule has 1 amide bonds. The zero-order valence-corrected chi connectivity index (χ0v) is 15.9. The minimum absolute atomic E-state index is 0.117. The van der Waals surface area contributed by atoms with Crippen LogP contribution >= 0.6 is 0 Å². The Labute approximate surface area is 168 Å². The van der Waals surface area contributed by atoms with Crippen molar-refractivity contribution < 1.29 is 19.0 Å². The minimum atomic E-state index is -0.117. The van der Waals surface area contributed by atoms with E-state index >= 15 is 0 Å². The molecule has 0 saturated heterocycles. The van der Waals surface area contributed by atoms with Crippen LogP contribution in [0.15, 0.2) is 60.7 Å². The third kappa shape index (κ3) is 3.10. The lowest BCUT2D eigenvalue weighted by Gasteiger charge is -2.08. The van der Waals surface area contributed by atoms with Gasteiger partial charge in [0, 0.05) is 22.4 Å². The van der Waals surface area contributed by atoms with Crippen molar-refractivity contribution in [1.29, 1.82) is 0 Å². The van der Waals surface area contributed by atoms with Crippen molar-refractivity contribution in [1.82, 2.24) is 0 Å². The molecule has 0 radical (unpaired) electrons. The van der Waals surface area contributed by atoms with Gasteiger partial charge in [-0.1, -0.05) is 36.4 Å². The van der Waals surface area contributed by atoms with Crippen LogP contribution < -0.4 is 19.5 Å². The largest absolute Gasteiger partial charge is 0.493 e. The molecule has 5 rings (SSSR count). The summed E-state index contributed by atoms with van der Waals surface area (Å²) in [5, 5.41) is 2.98. The van der Waals surface area contributed by atoms with Crippen molar-refractivity contribution in [3.05, 3.63) is 71.8 Å². The van der Waals surface area contributed by atoms with E-state index in [9.17, 15) is 4.79 Å². The molecule has 0 unspecified atom stereocenters. The van der Waals surface area contributed by atoms with Gasteiger partial charge in [-0.15, -0.1) is 0 Å². The Balaban J connectivity index is 1.52. The SMILES string of the molecule is CCOc1ccccc1/C=C1/C(=O)Nc2cc(-c3ccc4c(c3)OCO4)ccc21. The van der Waals surface area contributed by atoms with E-state index in [-0.39, 0.29) is 12.7 Å². The fraction of sp³-hybridized carbons (Fsp3) is 0.125. The molecule has 2 aliphatic heterocycles. The molecule has 0 aromatic heterocycles. The number of para-hydroxylation sites is 1. The molecule has 1 N–H and O–H groups in total. The zero-order chi connectivity index (χ0) is 19.8. The molecular weight excluding hydrogens is 366 g/mol. The standard InChI is InChI=1S/C24H19NO4/c1-2-27-21-6-4-3-5-17(21)11-19-18-9-7-15(12-20(18)25-24(19)26)16-8-10-22-23(13-16)29-14-28-22/h3-13H,2,14H2,1H3,(H,25,26)/b19-11+. The molecule has 0 aliphatic carbocycles. The number of fused-ring (bicyclic) bond motifs is 2. The van der Waals surface area contributed by atoms with Gasteiger partial charge in [-0.2, -0.15) is 0 Å². The van der Waals surface area contributed by atoms with Crippen molar-refractivity contribution >= 4 is 23.2 Å². The van der Waals surface area contributed by atoms with Crippen molar-refractivity contribution in [2.75, 3.05) is 18.7 Å². The van der Waals surface area contributed by atoms with Crippen LogP contribution in [0.1, 0.15) is 18.1 Å². The van der Waals surface area contributed by atoms with Crippen molar-refractivity contribution in [2.45, 2.75) is 6.92 Å². The molecule has 2 heterocycles. The van der Waals surface area contributed by atoms with E-state index in [0.29, 0.717) is 12.2 Å². The fourth-order valence-electron chi connectivity index (χ4n) is 3.64. The van der Waals surface area contributed by atoms with Gasteiger partial charge >= 0.3 is 0 Å².